The molecule has 0 aliphatic rings. The molecule has 0 spiro atoms. The summed E-state index contributed by atoms with van der Waals surface area (Å²) in [5, 5.41) is 0. The molecule has 0 fully saturated rings. The number of thiophene rings is 1. The number of methoxy groups -OCH3 is 2. The summed E-state index contributed by atoms with van der Waals surface area (Å²) in [5.41, 5.74) is 0.890. The van der Waals surface area contributed by atoms with Crippen LogP contribution in [0.4, 0.5) is 0 Å². The van der Waals surface area contributed by atoms with Gasteiger partial charge in [0.1, 0.15) is 0 Å². The normalized spacial score (nSPS) is 11.2. The monoisotopic (exact) mass is 455 g/mol. The van der Waals surface area contributed by atoms with Gasteiger partial charge in [-0.15, -0.1) is 11.3 Å². The first kappa shape index (κ1) is 23.8. The van der Waals surface area contributed by atoms with E-state index in [9.17, 15) is 18.0 Å². The fourth-order valence-corrected chi connectivity index (χ4v) is 4.00. The molecular formula is C20H25NO7S2. The van der Waals surface area contributed by atoms with Crippen LogP contribution in [0.2, 0.25) is 0 Å². The lowest BCUT2D eigenvalue weighted by Crippen LogP contribution is -2.24. The second kappa shape index (κ2) is 11.1. The minimum Gasteiger partial charge on any atom is -0.493 e. The van der Waals surface area contributed by atoms with E-state index < -0.39 is 16.0 Å². The maximum Gasteiger partial charge on any atom is 0.306 e. The number of sulfonamides is 1. The summed E-state index contributed by atoms with van der Waals surface area (Å²) in [5.74, 6) is 0.435. The number of carbonyl (C=O) groups is 2. The molecule has 1 aromatic heterocycles. The van der Waals surface area contributed by atoms with Crippen molar-refractivity contribution in [3.63, 3.8) is 0 Å². The van der Waals surface area contributed by atoms with Crippen LogP contribution >= 0.6 is 11.3 Å². The van der Waals surface area contributed by atoms with Gasteiger partial charge in [0.05, 0.1) is 25.4 Å². The van der Waals surface area contributed by atoms with Crippen LogP contribution in [-0.4, -0.2) is 53.8 Å². The molecule has 0 radical (unpaired) electrons. The molecule has 0 aliphatic carbocycles. The summed E-state index contributed by atoms with van der Waals surface area (Å²) in [6, 6.07) is 8.82. The molecule has 8 nitrogen and oxygen atoms in total. The van der Waals surface area contributed by atoms with E-state index in [1.165, 1.54) is 11.3 Å². The summed E-state index contributed by atoms with van der Waals surface area (Å²) in [6.45, 7) is -0.0651. The molecule has 0 unspecified atom stereocenters. The van der Waals surface area contributed by atoms with E-state index in [4.69, 9.17) is 14.2 Å². The maximum atomic E-state index is 12.2. The number of carbonyl (C=O) groups excluding carboxylic acids is 2. The van der Waals surface area contributed by atoms with Crippen LogP contribution in [0.5, 0.6) is 11.5 Å². The number of esters is 1. The van der Waals surface area contributed by atoms with E-state index >= 15 is 0 Å². The van der Waals surface area contributed by atoms with Gasteiger partial charge in [0.15, 0.2) is 18.1 Å². The molecular weight excluding hydrogens is 430 g/mol. The molecule has 0 aliphatic heterocycles. The highest BCUT2D eigenvalue weighted by Gasteiger charge is 2.13. The maximum absolute atomic E-state index is 12.2. The van der Waals surface area contributed by atoms with Gasteiger partial charge in [0.2, 0.25) is 15.8 Å². The van der Waals surface area contributed by atoms with Crippen LogP contribution in [0.15, 0.2) is 30.3 Å². The van der Waals surface area contributed by atoms with Crippen molar-refractivity contribution in [3.8, 4) is 11.5 Å². The Morgan fingerprint density at radius 2 is 1.77 bits per heavy atom. The highest BCUT2D eigenvalue weighted by atomic mass is 32.2. The molecule has 30 heavy (non-hydrogen) atoms. The minimum atomic E-state index is -3.24. The fraction of sp³-hybridized carbons (Fsp3) is 0.400. The van der Waals surface area contributed by atoms with Crippen LogP contribution < -0.4 is 14.2 Å². The van der Waals surface area contributed by atoms with Crippen LogP contribution in [0.25, 0.3) is 0 Å². The molecule has 1 aromatic carbocycles. The van der Waals surface area contributed by atoms with E-state index in [-0.39, 0.29) is 25.4 Å². The van der Waals surface area contributed by atoms with Gasteiger partial charge >= 0.3 is 5.97 Å². The van der Waals surface area contributed by atoms with Crippen molar-refractivity contribution in [1.82, 2.24) is 4.72 Å². The molecule has 0 atom stereocenters. The van der Waals surface area contributed by atoms with Crippen molar-refractivity contribution in [1.29, 1.82) is 0 Å². The van der Waals surface area contributed by atoms with Crippen molar-refractivity contribution in [3.05, 3.63) is 45.6 Å². The first-order valence-corrected chi connectivity index (χ1v) is 11.9. The Balaban J connectivity index is 1.77. The Morgan fingerprint density at radius 3 is 2.43 bits per heavy atom. The van der Waals surface area contributed by atoms with Gasteiger partial charge in [0, 0.05) is 17.8 Å². The predicted octanol–water partition coefficient (Wildman–Crippen LogP) is 2.22. The summed E-state index contributed by atoms with van der Waals surface area (Å²) in [6.07, 6.45) is 2.16. The van der Waals surface area contributed by atoms with Gasteiger partial charge in [-0.25, -0.2) is 13.1 Å². The highest BCUT2D eigenvalue weighted by Crippen LogP contribution is 2.28. The van der Waals surface area contributed by atoms with E-state index in [0.29, 0.717) is 29.2 Å². The lowest BCUT2D eigenvalue weighted by molar-refractivity contribution is -0.142. The van der Waals surface area contributed by atoms with E-state index in [0.717, 1.165) is 16.7 Å². The van der Waals surface area contributed by atoms with Crippen molar-refractivity contribution >= 4 is 33.1 Å². The zero-order valence-corrected chi connectivity index (χ0v) is 18.7. The van der Waals surface area contributed by atoms with E-state index in [2.05, 4.69) is 4.72 Å². The largest absolute Gasteiger partial charge is 0.493 e. The van der Waals surface area contributed by atoms with Gasteiger partial charge in [0.25, 0.3) is 0 Å². The van der Waals surface area contributed by atoms with Gasteiger partial charge in [-0.1, -0.05) is 6.07 Å². The molecule has 10 heteroatoms. The Kier molecular flexibility index (Phi) is 8.82. The quantitative estimate of drug-likeness (QED) is 0.386. The molecule has 1 heterocycles. The number of ketones is 1. The Bertz CT molecular complexity index is 983. The average molecular weight is 456 g/mol. The molecule has 164 valence electrons. The van der Waals surface area contributed by atoms with Crippen LogP contribution in [-0.2, 0) is 32.4 Å². The summed E-state index contributed by atoms with van der Waals surface area (Å²) >= 11 is 1.26. The van der Waals surface area contributed by atoms with E-state index in [1.807, 2.05) is 6.07 Å². The second-order valence-corrected chi connectivity index (χ2v) is 9.46. The average Bonchev–Trinajstić information content (AvgIpc) is 3.18. The molecule has 1 N–H and O–H groups in total. The van der Waals surface area contributed by atoms with Crippen molar-refractivity contribution < 1.29 is 32.2 Å². The van der Waals surface area contributed by atoms with Gasteiger partial charge < -0.3 is 14.2 Å². The predicted molar refractivity (Wildman–Crippen MR) is 114 cm³/mol. The summed E-state index contributed by atoms with van der Waals surface area (Å²) in [4.78, 5) is 25.5. The van der Waals surface area contributed by atoms with Crippen LogP contribution in [0, 0.1) is 0 Å². The lowest BCUT2D eigenvalue weighted by atomic mass is 10.1. The topological polar surface area (TPSA) is 108 Å². The third-order valence-electron chi connectivity index (χ3n) is 4.10. The number of hydrogen-bond donors (Lipinski definition) is 1. The summed E-state index contributed by atoms with van der Waals surface area (Å²) in [7, 11) is -0.146. The second-order valence-electron chi connectivity index (χ2n) is 6.46. The van der Waals surface area contributed by atoms with Crippen molar-refractivity contribution in [2.75, 3.05) is 33.6 Å². The lowest BCUT2D eigenvalue weighted by Gasteiger charge is -2.09. The first-order valence-electron chi connectivity index (χ1n) is 9.15. The fourth-order valence-electron chi connectivity index (χ4n) is 2.59. The minimum absolute atomic E-state index is 0.135. The first-order chi connectivity index (χ1) is 14.2. The van der Waals surface area contributed by atoms with Crippen molar-refractivity contribution in [2.45, 2.75) is 19.3 Å². The number of Topliss-reactive ketones (excluding diaryl/α,β-unsaturated/α-hetero) is 1. The Hall–Kier alpha value is -2.43. The van der Waals surface area contributed by atoms with Crippen LogP contribution in [0.3, 0.4) is 0 Å². The third-order valence-corrected chi connectivity index (χ3v) is 6.02. The molecule has 2 rings (SSSR count). The standard InChI is InChI=1S/C20H25NO7S2/c1-26-17-7-4-14(12-18(17)27-2)5-9-20(23)28-13-16(22)19-8-6-15(29-19)10-11-21-30(3,24)25/h4,6-8,12,21H,5,9-11,13H2,1-3H3. The van der Waals surface area contributed by atoms with Gasteiger partial charge in [-0.05, 0) is 42.7 Å². The third kappa shape index (κ3) is 7.77. The molecule has 0 amide bonds. The van der Waals surface area contributed by atoms with Gasteiger partial charge in [-0.3, -0.25) is 9.59 Å². The zero-order chi connectivity index (χ0) is 22.1. The van der Waals surface area contributed by atoms with Crippen LogP contribution in [0.1, 0.15) is 26.5 Å². The molecule has 0 bridgehead atoms. The molecule has 0 saturated carbocycles. The van der Waals surface area contributed by atoms with Crippen molar-refractivity contribution in [2.24, 2.45) is 0 Å². The number of nitrogens with one attached hydrogen (secondary N) is 1. The summed E-state index contributed by atoms with van der Waals surface area (Å²) < 4.78 is 40.0. The Morgan fingerprint density at radius 1 is 1.03 bits per heavy atom. The Labute approximate surface area is 180 Å². The number of hydrogen-bond acceptors (Lipinski definition) is 8. The number of rotatable bonds is 12. The van der Waals surface area contributed by atoms with Gasteiger partial charge in [-0.2, -0.15) is 0 Å². The SMILES string of the molecule is COc1ccc(CCC(=O)OCC(=O)c2ccc(CCNS(C)(=O)=O)s2)cc1OC. The van der Waals surface area contributed by atoms with E-state index in [1.54, 1.807) is 38.5 Å². The highest BCUT2D eigenvalue weighted by molar-refractivity contribution is 7.88. The number of aryl methyl sites for hydroxylation is 1. The number of benzene rings is 1. The zero-order valence-electron chi connectivity index (χ0n) is 17.1. The molecule has 0 saturated heterocycles. The number of ether oxygens (including phenoxy) is 3. The molecule has 2 aromatic rings. The smallest absolute Gasteiger partial charge is 0.306 e.